The van der Waals surface area contributed by atoms with Gasteiger partial charge in [-0.05, 0) is 31.0 Å². The lowest BCUT2D eigenvalue weighted by atomic mass is 10.1. The van der Waals surface area contributed by atoms with Crippen molar-refractivity contribution >= 4 is 11.9 Å². The maximum atomic E-state index is 11.3. The van der Waals surface area contributed by atoms with E-state index in [0.717, 1.165) is 5.56 Å². The number of rotatable bonds is 5. The molecule has 0 radical (unpaired) electrons. The van der Waals surface area contributed by atoms with Crippen LogP contribution in [0.3, 0.4) is 0 Å². The van der Waals surface area contributed by atoms with E-state index in [-0.39, 0.29) is 5.75 Å². The fourth-order valence-corrected chi connectivity index (χ4v) is 1.26. The van der Waals surface area contributed by atoms with E-state index in [1.807, 2.05) is 0 Å². The standard InChI is InChI=1S/C12H15NO4/c1-8(12(16)17)11(15)13-7-6-9-2-4-10(14)5-3-9/h2-5,8,14H,6-7H2,1H3,(H,13,15)(H,16,17). The normalized spacial score (nSPS) is 11.8. The molecule has 92 valence electrons. The van der Waals surface area contributed by atoms with Gasteiger partial charge in [-0.25, -0.2) is 0 Å². The van der Waals surface area contributed by atoms with Crippen LogP contribution in [0.5, 0.6) is 5.75 Å². The summed E-state index contributed by atoms with van der Waals surface area (Å²) in [5.74, 6) is -2.46. The molecule has 1 amide bonds. The predicted molar refractivity (Wildman–Crippen MR) is 61.6 cm³/mol. The molecule has 1 rings (SSSR count). The molecule has 0 spiro atoms. The Morgan fingerprint density at radius 2 is 1.88 bits per heavy atom. The number of amides is 1. The molecule has 0 saturated heterocycles. The lowest BCUT2D eigenvalue weighted by Crippen LogP contribution is -2.34. The molecule has 0 fully saturated rings. The molecule has 0 aromatic heterocycles. The Morgan fingerprint density at radius 1 is 1.29 bits per heavy atom. The summed E-state index contributed by atoms with van der Waals surface area (Å²) in [5.41, 5.74) is 0.964. The van der Waals surface area contributed by atoms with Crippen molar-refractivity contribution in [2.45, 2.75) is 13.3 Å². The van der Waals surface area contributed by atoms with Crippen molar-refractivity contribution < 1.29 is 19.8 Å². The van der Waals surface area contributed by atoms with E-state index >= 15 is 0 Å². The molecule has 5 heteroatoms. The van der Waals surface area contributed by atoms with Gasteiger partial charge in [-0.15, -0.1) is 0 Å². The molecular weight excluding hydrogens is 222 g/mol. The number of aliphatic carboxylic acids is 1. The molecule has 3 N–H and O–H groups in total. The van der Waals surface area contributed by atoms with Gasteiger partial charge in [-0.3, -0.25) is 9.59 Å². The summed E-state index contributed by atoms with van der Waals surface area (Å²) < 4.78 is 0. The van der Waals surface area contributed by atoms with Crippen molar-refractivity contribution in [3.63, 3.8) is 0 Å². The maximum Gasteiger partial charge on any atom is 0.315 e. The Hall–Kier alpha value is -2.04. The van der Waals surface area contributed by atoms with E-state index in [9.17, 15) is 9.59 Å². The maximum absolute atomic E-state index is 11.3. The summed E-state index contributed by atoms with van der Waals surface area (Å²) in [4.78, 5) is 21.8. The summed E-state index contributed by atoms with van der Waals surface area (Å²) in [6, 6.07) is 6.64. The third-order valence-corrected chi connectivity index (χ3v) is 2.41. The topological polar surface area (TPSA) is 86.6 Å². The van der Waals surface area contributed by atoms with E-state index in [1.165, 1.54) is 6.92 Å². The van der Waals surface area contributed by atoms with E-state index in [4.69, 9.17) is 10.2 Å². The number of carboxylic acid groups (broad SMARTS) is 1. The van der Waals surface area contributed by atoms with Gasteiger partial charge in [0.1, 0.15) is 11.7 Å². The van der Waals surface area contributed by atoms with Crippen LogP contribution < -0.4 is 5.32 Å². The fraction of sp³-hybridized carbons (Fsp3) is 0.333. The largest absolute Gasteiger partial charge is 0.508 e. The number of carbonyl (C=O) groups is 2. The van der Waals surface area contributed by atoms with Gasteiger partial charge in [0.05, 0.1) is 0 Å². The van der Waals surface area contributed by atoms with Crippen molar-refractivity contribution in [2.24, 2.45) is 5.92 Å². The highest BCUT2D eigenvalue weighted by Gasteiger charge is 2.19. The van der Waals surface area contributed by atoms with Gasteiger partial charge in [0.2, 0.25) is 5.91 Å². The summed E-state index contributed by atoms with van der Waals surface area (Å²) >= 11 is 0. The number of aromatic hydroxyl groups is 1. The monoisotopic (exact) mass is 237 g/mol. The number of carboxylic acids is 1. The van der Waals surface area contributed by atoms with E-state index in [0.29, 0.717) is 13.0 Å². The second kappa shape index (κ2) is 5.89. The first kappa shape index (κ1) is 13.0. The highest BCUT2D eigenvalue weighted by molar-refractivity contribution is 5.96. The average molecular weight is 237 g/mol. The zero-order valence-electron chi connectivity index (χ0n) is 9.51. The Labute approximate surface area is 99.1 Å². The van der Waals surface area contributed by atoms with E-state index in [1.54, 1.807) is 24.3 Å². The Morgan fingerprint density at radius 3 is 2.41 bits per heavy atom. The summed E-state index contributed by atoms with van der Waals surface area (Å²) in [6.07, 6.45) is 0.596. The minimum atomic E-state index is -1.13. The summed E-state index contributed by atoms with van der Waals surface area (Å²) in [6.45, 7) is 1.72. The highest BCUT2D eigenvalue weighted by Crippen LogP contribution is 2.09. The number of nitrogens with one attached hydrogen (secondary N) is 1. The van der Waals surface area contributed by atoms with Crippen molar-refractivity contribution in [2.75, 3.05) is 6.54 Å². The van der Waals surface area contributed by atoms with Gasteiger partial charge >= 0.3 is 5.97 Å². The number of carbonyl (C=O) groups excluding carboxylic acids is 1. The number of phenolic OH excluding ortho intramolecular Hbond substituents is 1. The summed E-state index contributed by atoms with van der Waals surface area (Å²) in [5, 5.41) is 20.2. The van der Waals surface area contributed by atoms with Crippen molar-refractivity contribution in [1.82, 2.24) is 5.32 Å². The lowest BCUT2D eigenvalue weighted by molar-refractivity contribution is -0.146. The average Bonchev–Trinajstić information content (AvgIpc) is 2.30. The highest BCUT2D eigenvalue weighted by atomic mass is 16.4. The van der Waals surface area contributed by atoms with Crippen LogP contribution in [0.2, 0.25) is 0 Å². The van der Waals surface area contributed by atoms with Gasteiger partial charge in [-0.2, -0.15) is 0 Å². The summed E-state index contributed by atoms with van der Waals surface area (Å²) in [7, 11) is 0. The van der Waals surface area contributed by atoms with Gasteiger partial charge in [0.15, 0.2) is 0 Å². The first-order chi connectivity index (χ1) is 8.00. The number of hydrogen-bond acceptors (Lipinski definition) is 3. The van der Waals surface area contributed by atoms with Crippen molar-refractivity contribution in [1.29, 1.82) is 0 Å². The molecule has 0 saturated carbocycles. The van der Waals surface area contributed by atoms with Crippen LogP contribution in [0, 0.1) is 5.92 Å². The van der Waals surface area contributed by atoms with Crippen LogP contribution >= 0.6 is 0 Å². The Kier molecular flexibility index (Phi) is 4.51. The first-order valence-corrected chi connectivity index (χ1v) is 5.29. The predicted octanol–water partition coefficient (Wildman–Crippen LogP) is 0.772. The number of benzene rings is 1. The first-order valence-electron chi connectivity index (χ1n) is 5.29. The quantitative estimate of drug-likeness (QED) is 0.660. The van der Waals surface area contributed by atoms with E-state index < -0.39 is 17.8 Å². The molecule has 0 aliphatic heterocycles. The molecule has 1 unspecified atom stereocenters. The molecule has 0 aliphatic carbocycles. The Bertz CT molecular complexity index is 399. The second-order valence-corrected chi connectivity index (χ2v) is 3.77. The van der Waals surface area contributed by atoms with Gasteiger partial charge < -0.3 is 15.5 Å². The van der Waals surface area contributed by atoms with Crippen molar-refractivity contribution in [3.8, 4) is 5.75 Å². The fourth-order valence-electron chi connectivity index (χ4n) is 1.26. The molecule has 1 aromatic carbocycles. The van der Waals surface area contributed by atoms with Crippen LogP contribution in [0.15, 0.2) is 24.3 Å². The smallest absolute Gasteiger partial charge is 0.315 e. The number of phenols is 1. The van der Waals surface area contributed by atoms with Crippen LogP contribution in [0.25, 0.3) is 0 Å². The third kappa shape index (κ3) is 4.14. The third-order valence-electron chi connectivity index (χ3n) is 2.41. The van der Waals surface area contributed by atoms with Crippen LogP contribution in [0.4, 0.5) is 0 Å². The zero-order valence-corrected chi connectivity index (χ0v) is 9.51. The molecular formula is C12H15NO4. The van der Waals surface area contributed by atoms with E-state index in [2.05, 4.69) is 5.32 Å². The van der Waals surface area contributed by atoms with Gasteiger partial charge in [0.25, 0.3) is 0 Å². The van der Waals surface area contributed by atoms with Gasteiger partial charge in [-0.1, -0.05) is 12.1 Å². The number of hydrogen-bond donors (Lipinski definition) is 3. The second-order valence-electron chi connectivity index (χ2n) is 3.77. The molecule has 0 bridgehead atoms. The van der Waals surface area contributed by atoms with Crippen LogP contribution in [-0.4, -0.2) is 28.6 Å². The SMILES string of the molecule is CC(C(=O)O)C(=O)NCCc1ccc(O)cc1. The Balaban J connectivity index is 2.35. The lowest BCUT2D eigenvalue weighted by Gasteiger charge is -2.08. The minimum absolute atomic E-state index is 0.192. The molecule has 0 aliphatic rings. The van der Waals surface area contributed by atoms with Crippen molar-refractivity contribution in [3.05, 3.63) is 29.8 Å². The van der Waals surface area contributed by atoms with Crippen LogP contribution in [-0.2, 0) is 16.0 Å². The molecule has 0 heterocycles. The zero-order chi connectivity index (χ0) is 12.8. The molecule has 5 nitrogen and oxygen atoms in total. The molecule has 17 heavy (non-hydrogen) atoms. The van der Waals surface area contributed by atoms with Gasteiger partial charge in [0, 0.05) is 6.54 Å². The molecule has 1 atom stereocenters. The van der Waals surface area contributed by atoms with Crippen LogP contribution in [0.1, 0.15) is 12.5 Å². The minimum Gasteiger partial charge on any atom is -0.508 e. The molecule has 1 aromatic rings.